The fourth-order valence-electron chi connectivity index (χ4n) is 3.25. The first-order chi connectivity index (χ1) is 16.7. The van der Waals surface area contributed by atoms with E-state index in [2.05, 4.69) is 15.0 Å². The van der Waals surface area contributed by atoms with Gasteiger partial charge in [-0.2, -0.15) is 0 Å². The van der Waals surface area contributed by atoms with Gasteiger partial charge >= 0.3 is 12.3 Å². The van der Waals surface area contributed by atoms with Crippen molar-refractivity contribution in [2.45, 2.75) is 22.8 Å². The highest BCUT2D eigenvalue weighted by molar-refractivity contribution is 7.99. The molecule has 4 aromatic rings. The SMILES string of the molecule is COc1ccc(Cn2nnc(C(=O)O)c2Sc2cccc(-c3ccc(OC(F)(F)F)cc3)c2)cc1. The number of carboxylic acids is 1. The Morgan fingerprint density at radius 1 is 1.00 bits per heavy atom. The number of halogens is 3. The molecule has 1 aromatic heterocycles. The van der Waals surface area contributed by atoms with Crippen molar-refractivity contribution in [1.82, 2.24) is 15.0 Å². The van der Waals surface area contributed by atoms with Crippen LogP contribution in [-0.2, 0) is 6.54 Å². The number of hydrogen-bond acceptors (Lipinski definition) is 6. The summed E-state index contributed by atoms with van der Waals surface area (Å²) in [5, 5.41) is 17.8. The average Bonchev–Trinajstić information content (AvgIpc) is 3.21. The van der Waals surface area contributed by atoms with Gasteiger partial charge in [0.25, 0.3) is 0 Å². The highest BCUT2D eigenvalue weighted by Crippen LogP contribution is 2.34. The lowest BCUT2D eigenvalue weighted by atomic mass is 10.1. The molecule has 0 bridgehead atoms. The number of hydrogen-bond donors (Lipinski definition) is 1. The van der Waals surface area contributed by atoms with E-state index in [1.54, 1.807) is 43.5 Å². The highest BCUT2D eigenvalue weighted by Gasteiger charge is 2.31. The van der Waals surface area contributed by atoms with Crippen LogP contribution in [0.5, 0.6) is 11.5 Å². The summed E-state index contributed by atoms with van der Waals surface area (Å²) in [4.78, 5) is 12.5. The molecule has 180 valence electrons. The Morgan fingerprint density at radius 2 is 1.69 bits per heavy atom. The summed E-state index contributed by atoms with van der Waals surface area (Å²) in [7, 11) is 1.57. The zero-order valence-corrected chi connectivity index (χ0v) is 19.0. The topological polar surface area (TPSA) is 86.5 Å². The van der Waals surface area contributed by atoms with Gasteiger partial charge in [0.1, 0.15) is 16.5 Å². The van der Waals surface area contributed by atoms with Crippen molar-refractivity contribution >= 4 is 17.7 Å². The molecule has 4 rings (SSSR count). The van der Waals surface area contributed by atoms with E-state index in [-0.39, 0.29) is 11.4 Å². The molecule has 0 aliphatic heterocycles. The van der Waals surface area contributed by atoms with Crippen molar-refractivity contribution in [2.24, 2.45) is 0 Å². The summed E-state index contributed by atoms with van der Waals surface area (Å²) in [6.07, 6.45) is -4.76. The van der Waals surface area contributed by atoms with Crippen LogP contribution < -0.4 is 9.47 Å². The minimum Gasteiger partial charge on any atom is -0.497 e. The van der Waals surface area contributed by atoms with Gasteiger partial charge in [0.15, 0.2) is 0 Å². The number of methoxy groups -OCH3 is 1. The summed E-state index contributed by atoms with van der Waals surface area (Å²) in [5.74, 6) is -0.820. The van der Waals surface area contributed by atoms with Gasteiger partial charge in [-0.15, -0.1) is 18.3 Å². The second-order valence-electron chi connectivity index (χ2n) is 7.26. The Kier molecular flexibility index (Phi) is 6.97. The molecule has 0 saturated heterocycles. The number of nitrogens with zero attached hydrogens (tertiary/aromatic N) is 3. The van der Waals surface area contributed by atoms with Crippen LogP contribution >= 0.6 is 11.8 Å². The third kappa shape index (κ3) is 6.12. The minimum atomic E-state index is -4.76. The van der Waals surface area contributed by atoms with Crippen LogP contribution in [-0.4, -0.2) is 39.5 Å². The largest absolute Gasteiger partial charge is 0.573 e. The Morgan fingerprint density at radius 3 is 2.31 bits per heavy atom. The smallest absolute Gasteiger partial charge is 0.497 e. The summed E-state index contributed by atoms with van der Waals surface area (Å²) in [6, 6.07) is 20.0. The van der Waals surface area contributed by atoms with Crippen LogP contribution in [0.25, 0.3) is 11.1 Å². The Labute approximate surface area is 202 Å². The number of rotatable bonds is 8. The summed E-state index contributed by atoms with van der Waals surface area (Å²) in [6.45, 7) is 0.299. The molecule has 0 aliphatic carbocycles. The summed E-state index contributed by atoms with van der Waals surface area (Å²) >= 11 is 1.18. The average molecular weight is 501 g/mol. The van der Waals surface area contributed by atoms with Crippen molar-refractivity contribution in [3.8, 4) is 22.6 Å². The van der Waals surface area contributed by atoms with Gasteiger partial charge in [-0.25, -0.2) is 9.48 Å². The molecule has 0 unspecified atom stereocenters. The molecule has 0 atom stereocenters. The lowest BCUT2D eigenvalue weighted by Crippen LogP contribution is -2.16. The zero-order valence-electron chi connectivity index (χ0n) is 18.2. The van der Waals surface area contributed by atoms with Crippen molar-refractivity contribution in [1.29, 1.82) is 0 Å². The maximum absolute atomic E-state index is 12.4. The first-order valence-corrected chi connectivity index (χ1v) is 11.0. The zero-order chi connectivity index (χ0) is 25.0. The summed E-state index contributed by atoms with van der Waals surface area (Å²) < 4.78 is 47.8. The Bertz CT molecular complexity index is 1320. The molecular weight excluding hydrogens is 483 g/mol. The van der Waals surface area contributed by atoms with Gasteiger partial charge in [-0.05, 0) is 53.1 Å². The number of ether oxygens (including phenoxy) is 2. The third-order valence-corrected chi connectivity index (χ3v) is 5.94. The molecule has 0 fully saturated rings. The van der Waals surface area contributed by atoms with Crippen molar-refractivity contribution in [3.05, 3.63) is 84.1 Å². The molecule has 7 nitrogen and oxygen atoms in total. The minimum absolute atomic E-state index is 0.178. The molecular formula is C24H18F3N3O4S. The number of aromatic carboxylic acids is 1. The highest BCUT2D eigenvalue weighted by atomic mass is 32.2. The van der Waals surface area contributed by atoms with Crippen molar-refractivity contribution in [2.75, 3.05) is 7.11 Å². The summed E-state index contributed by atoms with van der Waals surface area (Å²) in [5.41, 5.74) is 2.11. The van der Waals surface area contributed by atoms with Crippen LogP contribution in [0.4, 0.5) is 13.2 Å². The van der Waals surface area contributed by atoms with E-state index in [1.165, 1.54) is 40.7 Å². The lowest BCUT2D eigenvalue weighted by molar-refractivity contribution is -0.274. The molecule has 0 saturated carbocycles. The fourth-order valence-corrected chi connectivity index (χ4v) is 4.23. The fraction of sp³-hybridized carbons (Fsp3) is 0.125. The van der Waals surface area contributed by atoms with E-state index in [9.17, 15) is 23.1 Å². The van der Waals surface area contributed by atoms with E-state index in [1.807, 2.05) is 12.1 Å². The van der Waals surface area contributed by atoms with Crippen LogP contribution in [0, 0.1) is 0 Å². The van der Waals surface area contributed by atoms with Gasteiger partial charge in [-0.1, -0.05) is 53.4 Å². The van der Waals surface area contributed by atoms with E-state index in [0.717, 1.165) is 11.1 Å². The number of alkyl halides is 3. The van der Waals surface area contributed by atoms with Crippen LogP contribution in [0.3, 0.4) is 0 Å². The molecule has 1 heterocycles. The van der Waals surface area contributed by atoms with E-state index in [0.29, 0.717) is 27.8 Å². The monoisotopic (exact) mass is 501 g/mol. The van der Waals surface area contributed by atoms with E-state index in [4.69, 9.17) is 4.74 Å². The van der Waals surface area contributed by atoms with Crippen LogP contribution in [0.1, 0.15) is 16.1 Å². The molecule has 0 amide bonds. The van der Waals surface area contributed by atoms with Crippen molar-refractivity contribution < 1.29 is 32.5 Å². The predicted octanol–water partition coefficient (Wildman–Crippen LogP) is 5.75. The molecule has 0 radical (unpaired) electrons. The van der Waals surface area contributed by atoms with Crippen LogP contribution in [0.15, 0.2) is 82.7 Å². The second kappa shape index (κ2) is 10.1. The van der Waals surface area contributed by atoms with Crippen LogP contribution in [0.2, 0.25) is 0 Å². The van der Waals surface area contributed by atoms with E-state index < -0.39 is 12.3 Å². The number of carboxylic acid groups (broad SMARTS) is 1. The number of carbonyl (C=O) groups is 1. The van der Waals surface area contributed by atoms with Crippen molar-refractivity contribution in [3.63, 3.8) is 0 Å². The van der Waals surface area contributed by atoms with Gasteiger partial charge in [0.05, 0.1) is 13.7 Å². The maximum Gasteiger partial charge on any atom is 0.573 e. The molecule has 1 N–H and O–H groups in total. The molecule has 3 aromatic carbocycles. The maximum atomic E-state index is 12.4. The lowest BCUT2D eigenvalue weighted by Gasteiger charge is -2.10. The van der Waals surface area contributed by atoms with Gasteiger partial charge in [0.2, 0.25) is 5.69 Å². The first kappa shape index (κ1) is 24.1. The predicted molar refractivity (Wildman–Crippen MR) is 122 cm³/mol. The third-order valence-electron chi connectivity index (χ3n) is 4.85. The van der Waals surface area contributed by atoms with Gasteiger partial charge < -0.3 is 14.6 Å². The Balaban J connectivity index is 1.58. The molecule has 0 aliphatic rings. The first-order valence-electron chi connectivity index (χ1n) is 10.2. The van der Waals surface area contributed by atoms with E-state index >= 15 is 0 Å². The number of benzene rings is 3. The quantitative estimate of drug-likeness (QED) is 0.329. The normalized spacial score (nSPS) is 11.3. The second-order valence-corrected chi connectivity index (χ2v) is 8.32. The van der Waals surface area contributed by atoms with Gasteiger partial charge in [0, 0.05) is 4.90 Å². The van der Waals surface area contributed by atoms with Gasteiger partial charge in [-0.3, -0.25) is 0 Å². The molecule has 0 spiro atoms. The standard InChI is InChI=1S/C24H18F3N3O4S/c1-33-18-9-5-15(6-10-18)14-30-22(21(23(31)32)28-29-30)35-20-4-2-3-17(13-20)16-7-11-19(12-8-16)34-24(25,26)27/h2-13H,14H2,1H3,(H,31,32). The molecule has 11 heteroatoms. The number of aromatic nitrogens is 3. The Hall–Kier alpha value is -3.99. The molecule has 35 heavy (non-hydrogen) atoms.